The van der Waals surface area contributed by atoms with Gasteiger partial charge in [0.05, 0.1) is 23.0 Å². The number of hydrogen-bond donors (Lipinski definition) is 0. The van der Waals surface area contributed by atoms with Crippen molar-refractivity contribution >= 4 is 34.1 Å². The fraction of sp³-hybridized carbons (Fsp3) is 0.375. The lowest BCUT2D eigenvalue weighted by Crippen LogP contribution is -2.05. The molecule has 0 radical (unpaired) electrons. The summed E-state index contributed by atoms with van der Waals surface area (Å²) >= 11 is 6.47. The first-order valence-corrected chi connectivity index (χ1v) is 10.8. The fourth-order valence-electron chi connectivity index (χ4n) is 3.75. The van der Waals surface area contributed by atoms with Crippen LogP contribution in [0.1, 0.15) is 50.4 Å². The molecule has 0 aliphatic carbocycles. The minimum Gasteiger partial charge on any atom is -0.347 e. The van der Waals surface area contributed by atoms with Crippen molar-refractivity contribution in [3.05, 3.63) is 64.6 Å². The van der Waals surface area contributed by atoms with Crippen molar-refractivity contribution in [3.8, 4) is 0 Å². The Balaban J connectivity index is 1.62. The average Bonchev–Trinajstić information content (AvgIpc) is 3.35. The first-order valence-electron chi connectivity index (χ1n) is 10.4. The van der Waals surface area contributed by atoms with E-state index in [1.54, 1.807) is 0 Å². The summed E-state index contributed by atoms with van der Waals surface area (Å²) < 4.78 is 2.32. The standard InChI is InChI=1S/C24H27ClN4/c1-4-5-10-29-11-9-18-19(7-6-8-23(18)29)24-27-15-22(28-24)17-13-20(25)21(26-14-17)12-16(2)3/h6-9,11,13-14,16H,4-5,10,12,15H2,1-3H3. The van der Waals surface area contributed by atoms with Crippen LogP contribution in [-0.2, 0) is 13.0 Å². The Kier molecular flexibility index (Phi) is 5.81. The van der Waals surface area contributed by atoms with Gasteiger partial charge in [-0.25, -0.2) is 4.99 Å². The van der Waals surface area contributed by atoms with Gasteiger partial charge in [0.2, 0.25) is 0 Å². The number of fused-ring (bicyclic) bond motifs is 1. The van der Waals surface area contributed by atoms with Crippen LogP contribution in [-0.4, -0.2) is 27.6 Å². The molecule has 1 aliphatic heterocycles. The number of benzene rings is 1. The van der Waals surface area contributed by atoms with E-state index in [0.29, 0.717) is 17.5 Å². The first-order chi connectivity index (χ1) is 14.1. The predicted octanol–water partition coefficient (Wildman–Crippen LogP) is 5.94. The molecular formula is C24H27ClN4. The zero-order chi connectivity index (χ0) is 20.4. The molecule has 0 spiro atoms. The maximum Gasteiger partial charge on any atom is 0.156 e. The number of hydrogen-bond acceptors (Lipinski definition) is 3. The molecule has 3 heterocycles. The highest BCUT2D eigenvalue weighted by Crippen LogP contribution is 2.25. The van der Waals surface area contributed by atoms with Crippen molar-refractivity contribution in [2.24, 2.45) is 15.9 Å². The van der Waals surface area contributed by atoms with Gasteiger partial charge in [0, 0.05) is 41.0 Å². The van der Waals surface area contributed by atoms with Gasteiger partial charge in [0.25, 0.3) is 0 Å². The van der Waals surface area contributed by atoms with Crippen LogP contribution in [0.3, 0.4) is 0 Å². The minimum atomic E-state index is 0.523. The smallest absolute Gasteiger partial charge is 0.156 e. The first kappa shape index (κ1) is 19.8. The van der Waals surface area contributed by atoms with Crippen LogP contribution in [0, 0.1) is 5.92 Å². The number of aryl methyl sites for hydroxylation is 1. The normalized spacial score (nSPS) is 14.0. The SMILES string of the molecule is CCCCn1ccc2c(C3=NCC(c4cnc(CC(C)C)c(Cl)c4)=N3)cccc21. The van der Waals surface area contributed by atoms with Crippen LogP contribution < -0.4 is 0 Å². The molecule has 0 N–H and O–H groups in total. The Morgan fingerprint density at radius 2 is 2.07 bits per heavy atom. The van der Waals surface area contributed by atoms with E-state index in [2.05, 4.69) is 60.8 Å². The number of halogens is 1. The van der Waals surface area contributed by atoms with Crippen LogP contribution in [0.25, 0.3) is 10.9 Å². The quantitative estimate of drug-likeness (QED) is 0.478. The summed E-state index contributed by atoms with van der Waals surface area (Å²) in [5.41, 5.74) is 5.15. The molecule has 0 saturated heterocycles. The Labute approximate surface area is 177 Å². The van der Waals surface area contributed by atoms with Gasteiger partial charge in [-0.1, -0.05) is 50.9 Å². The molecule has 0 atom stereocenters. The van der Waals surface area contributed by atoms with E-state index >= 15 is 0 Å². The zero-order valence-corrected chi connectivity index (χ0v) is 18.1. The molecule has 5 heteroatoms. The molecule has 0 fully saturated rings. The molecule has 29 heavy (non-hydrogen) atoms. The third kappa shape index (κ3) is 4.13. The summed E-state index contributed by atoms with van der Waals surface area (Å²) in [6.45, 7) is 8.16. The molecule has 1 aromatic carbocycles. The van der Waals surface area contributed by atoms with E-state index in [0.717, 1.165) is 41.3 Å². The summed E-state index contributed by atoms with van der Waals surface area (Å²) in [7, 11) is 0. The second-order valence-electron chi connectivity index (χ2n) is 8.05. The Hall–Kier alpha value is -2.46. The van der Waals surface area contributed by atoms with E-state index in [9.17, 15) is 0 Å². The van der Waals surface area contributed by atoms with Gasteiger partial charge in [-0.15, -0.1) is 0 Å². The van der Waals surface area contributed by atoms with Crippen LogP contribution in [0.15, 0.2) is 52.7 Å². The third-order valence-corrected chi connectivity index (χ3v) is 5.61. The lowest BCUT2D eigenvalue weighted by molar-refractivity contribution is 0.635. The largest absolute Gasteiger partial charge is 0.347 e. The van der Waals surface area contributed by atoms with Gasteiger partial charge < -0.3 is 4.57 Å². The van der Waals surface area contributed by atoms with E-state index in [-0.39, 0.29) is 0 Å². The average molecular weight is 407 g/mol. The maximum absolute atomic E-state index is 6.47. The summed E-state index contributed by atoms with van der Waals surface area (Å²) in [5, 5.41) is 1.92. The Morgan fingerprint density at radius 3 is 2.83 bits per heavy atom. The van der Waals surface area contributed by atoms with E-state index < -0.39 is 0 Å². The molecule has 0 bridgehead atoms. The third-order valence-electron chi connectivity index (χ3n) is 5.28. The summed E-state index contributed by atoms with van der Waals surface area (Å²) in [6.07, 6.45) is 7.29. The summed E-state index contributed by atoms with van der Waals surface area (Å²) in [6, 6.07) is 10.5. The highest BCUT2D eigenvalue weighted by atomic mass is 35.5. The number of unbranched alkanes of at least 4 members (excludes halogenated alkanes) is 1. The topological polar surface area (TPSA) is 42.5 Å². The predicted molar refractivity (Wildman–Crippen MR) is 123 cm³/mol. The number of aliphatic imine (C=N–C) groups is 2. The molecule has 3 aromatic rings. The minimum absolute atomic E-state index is 0.523. The monoisotopic (exact) mass is 406 g/mol. The highest BCUT2D eigenvalue weighted by molar-refractivity contribution is 6.32. The Morgan fingerprint density at radius 1 is 1.21 bits per heavy atom. The van der Waals surface area contributed by atoms with Crippen molar-refractivity contribution < 1.29 is 0 Å². The van der Waals surface area contributed by atoms with Gasteiger partial charge in [0.1, 0.15) is 0 Å². The van der Waals surface area contributed by atoms with Crippen molar-refractivity contribution in [1.82, 2.24) is 9.55 Å². The summed E-state index contributed by atoms with van der Waals surface area (Å²) in [5.74, 6) is 1.32. The van der Waals surface area contributed by atoms with Gasteiger partial charge in [-0.05, 0) is 37.0 Å². The van der Waals surface area contributed by atoms with Gasteiger partial charge in [-0.2, -0.15) is 0 Å². The lowest BCUT2D eigenvalue weighted by Gasteiger charge is -2.08. The summed E-state index contributed by atoms with van der Waals surface area (Å²) in [4.78, 5) is 14.1. The number of rotatable bonds is 7. The lowest BCUT2D eigenvalue weighted by atomic mass is 10.1. The zero-order valence-electron chi connectivity index (χ0n) is 17.3. The number of pyridine rings is 1. The molecular weight excluding hydrogens is 380 g/mol. The molecule has 4 rings (SSSR count). The molecule has 0 amide bonds. The number of aromatic nitrogens is 2. The van der Waals surface area contributed by atoms with Crippen molar-refractivity contribution in [1.29, 1.82) is 0 Å². The molecule has 0 saturated carbocycles. The van der Waals surface area contributed by atoms with Gasteiger partial charge in [0.15, 0.2) is 5.84 Å². The Bertz CT molecular complexity index is 1090. The second kappa shape index (κ2) is 8.50. The molecule has 0 unspecified atom stereocenters. The number of amidine groups is 1. The van der Waals surface area contributed by atoms with Crippen LogP contribution >= 0.6 is 11.6 Å². The van der Waals surface area contributed by atoms with E-state index in [1.165, 1.54) is 23.7 Å². The van der Waals surface area contributed by atoms with Crippen molar-refractivity contribution in [3.63, 3.8) is 0 Å². The van der Waals surface area contributed by atoms with Crippen molar-refractivity contribution in [2.75, 3.05) is 6.54 Å². The van der Waals surface area contributed by atoms with Crippen LogP contribution in [0.5, 0.6) is 0 Å². The van der Waals surface area contributed by atoms with Crippen molar-refractivity contribution in [2.45, 2.75) is 46.6 Å². The highest BCUT2D eigenvalue weighted by Gasteiger charge is 2.18. The second-order valence-corrected chi connectivity index (χ2v) is 8.46. The maximum atomic E-state index is 6.47. The molecule has 1 aliphatic rings. The molecule has 150 valence electrons. The molecule has 4 nitrogen and oxygen atoms in total. The molecule has 2 aromatic heterocycles. The van der Waals surface area contributed by atoms with Crippen LogP contribution in [0.2, 0.25) is 5.02 Å². The van der Waals surface area contributed by atoms with E-state index in [4.69, 9.17) is 21.6 Å². The fourth-order valence-corrected chi connectivity index (χ4v) is 4.00. The van der Waals surface area contributed by atoms with E-state index in [1.807, 2.05) is 12.3 Å². The van der Waals surface area contributed by atoms with Gasteiger partial charge in [-0.3, -0.25) is 9.98 Å². The van der Waals surface area contributed by atoms with Crippen LogP contribution in [0.4, 0.5) is 0 Å². The number of nitrogens with zero attached hydrogens (tertiary/aromatic N) is 4. The van der Waals surface area contributed by atoms with Gasteiger partial charge >= 0.3 is 0 Å².